The number of allylic oxidation sites excluding steroid dienone is 3. The minimum atomic E-state index is -0.397. The molecule has 0 aromatic carbocycles. The van der Waals surface area contributed by atoms with Gasteiger partial charge in [-0.1, -0.05) is 23.8 Å². The number of hydrogen-bond acceptors (Lipinski definition) is 4. The van der Waals surface area contributed by atoms with Gasteiger partial charge in [-0.25, -0.2) is 0 Å². The second-order valence-corrected chi connectivity index (χ2v) is 5.24. The zero-order valence-electron chi connectivity index (χ0n) is 11.3. The zero-order chi connectivity index (χ0) is 13.8. The zero-order valence-corrected chi connectivity index (χ0v) is 11.3. The molecule has 1 saturated carbocycles. The second-order valence-electron chi connectivity index (χ2n) is 5.24. The summed E-state index contributed by atoms with van der Waals surface area (Å²) in [5.41, 5.74) is 1.26. The third-order valence-corrected chi connectivity index (χ3v) is 3.56. The highest BCUT2D eigenvalue weighted by molar-refractivity contribution is 5.75. The van der Waals surface area contributed by atoms with E-state index in [4.69, 9.17) is 14.2 Å². The number of esters is 1. The lowest BCUT2D eigenvalue weighted by Crippen LogP contribution is -2.24. The lowest BCUT2D eigenvalue weighted by atomic mass is 9.98. The van der Waals surface area contributed by atoms with E-state index in [0.29, 0.717) is 12.2 Å². The fourth-order valence-corrected chi connectivity index (χ4v) is 2.24. The minimum Gasteiger partial charge on any atom is -0.466 e. The third kappa shape index (κ3) is 3.32. The maximum atomic E-state index is 11.9. The number of rotatable bonds is 5. The predicted octanol–water partition coefficient (Wildman–Crippen LogP) is 3.33. The Hall–Kier alpha value is -1.97. The summed E-state index contributed by atoms with van der Waals surface area (Å²) in [5.74, 6) is 0.510. The number of hydrogen-bond donors (Lipinski definition) is 0. The van der Waals surface area contributed by atoms with Crippen molar-refractivity contribution in [3.8, 4) is 0 Å². The van der Waals surface area contributed by atoms with Crippen LogP contribution in [0.4, 0.5) is 0 Å². The van der Waals surface area contributed by atoms with E-state index in [9.17, 15) is 4.79 Å². The van der Waals surface area contributed by atoms with Crippen molar-refractivity contribution in [1.82, 2.24) is 0 Å². The Bertz CT molecular complexity index is 495. The standard InChI is InChI=1S/C16H18O4/c17-16(13-6-7-13)20-14(15-11-18-8-9-19-15)10-12-4-2-1-3-5-12/h1-2,4,8-9,11,13-14H,3,5-7,10H2. The van der Waals surface area contributed by atoms with Crippen molar-refractivity contribution < 1.29 is 19.0 Å². The van der Waals surface area contributed by atoms with E-state index in [1.807, 2.05) is 6.08 Å². The predicted molar refractivity (Wildman–Crippen MR) is 73.1 cm³/mol. The molecule has 3 aliphatic rings. The molecule has 4 nitrogen and oxygen atoms in total. The van der Waals surface area contributed by atoms with Crippen LogP contribution in [0.5, 0.6) is 0 Å². The molecule has 20 heavy (non-hydrogen) atoms. The first-order valence-corrected chi connectivity index (χ1v) is 7.05. The molecule has 0 spiro atoms. The molecule has 1 atom stereocenters. The topological polar surface area (TPSA) is 44.8 Å². The van der Waals surface area contributed by atoms with Crippen LogP contribution in [0.25, 0.3) is 0 Å². The van der Waals surface area contributed by atoms with Gasteiger partial charge in [-0.15, -0.1) is 0 Å². The summed E-state index contributed by atoms with van der Waals surface area (Å²) >= 11 is 0. The summed E-state index contributed by atoms with van der Waals surface area (Å²) in [7, 11) is 0. The average Bonchev–Trinajstić information content (AvgIpc) is 3.33. The molecule has 0 N–H and O–H groups in total. The highest BCUT2D eigenvalue weighted by Gasteiger charge is 2.34. The normalized spacial score (nSPS) is 22.2. The van der Waals surface area contributed by atoms with E-state index in [1.54, 1.807) is 0 Å². The van der Waals surface area contributed by atoms with Gasteiger partial charge in [0.2, 0.25) is 0 Å². The van der Waals surface area contributed by atoms with E-state index in [2.05, 4.69) is 12.2 Å². The van der Waals surface area contributed by atoms with Gasteiger partial charge in [0.05, 0.1) is 5.92 Å². The maximum absolute atomic E-state index is 11.9. The first kappa shape index (κ1) is 13.0. The number of carbonyl (C=O) groups is 1. The van der Waals surface area contributed by atoms with Crippen LogP contribution in [0.1, 0.15) is 32.1 Å². The van der Waals surface area contributed by atoms with E-state index in [-0.39, 0.29) is 11.9 Å². The van der Waals surface area contributed by atoms with Crippen LogP contribution >= 0.6 is 0 Å². The van der Waals surface area contributed by atoms with Gasteiger partial charge in [0, 0.05) is 6.42 Å². The summed E-state index contributed by atoms with van der Waals surface area (Å²) in [5, 5.41) is 0. The van der Waals surface area contributed by atoms with E-state index < -0.39 is 6.10 Å². The number of carbonyl (C=O) groups excluding carboxylic acids is 1. The fraction of sp³-hybridized carbons (Fsp3) is 0.438. The van der Waals surface area contributed by atoms with Crippen LogP contribution in [0.3, 0.4) is 0 Å². The Labute approximate surface area is 118 Å². The Morgan fingerprint density at radius 2 is 2.30 bits per heavy atom. The monoisotopic (exact) mass is 274 g/mol. The van der Waals surface area contributed by atoms with Gasteiger partial charge >= 0.3 is 5.97 Å². The average molecular weight is 274 g/mol. The number of ether oxygens (including phenoxy) is 3. The molecule has 0 aromatic rings. The molecule has 3 rings (SSSR count). The summed E-state index contributed by atoms with van der Waals surface area (Å²) in [4.78, 5) is 11.9. The molecule has 1 fully saturated rings. The lowest BCUT2D eigenvalue weighted by Gasteiger charge is -2.22. The Morgan fingerprint density at radius 1 is 1.40 bits per heavy atom. The fourth-order valence-electron chi connectivity index (χ4n) is 2.24. The van der Waals surface area contributed by atoms with E-state index in [0.717, 1.165) is 25.7 Å². The summed E-state index contributed by atoms with van der Waals surface area (Å²) < 4.78 is 16.1. The molecule has 106 valence electrons. The van der Waals surface area contributed by atoms with Crippen LogP contribution in [-0.4, -0.2) is 12.1 Å². The molecule has 0 saturated heterocycles. The highest BCUT2D eigenvalue weighted by Crippen LogP contribution is 2.32. The van der Waals surface area contributed by atoms with Crippen molar-refractivity contribution >= 4 is 5.97 Å². The largest absolute Gasteiger partial charge is 0.466 e. The molecule has 2 aliphatic carbocycles. The van der Waals surface area contributed by atoms with Crippen molar-refractivity contribution in [2.75, 3.05) is 0 Å². The third-order valence-electron chi connectivity index (χ3n) is 3.56. The smallest absolute Gasteiger partial charge is 0.309 e. The Balaban J connectivity index is 1.68. The molecule has 0 aromatic heterocycles. The van der Waals surface area contributed by atoms with Crippen molar-refractivity contribution in [2.24, 2.45) is 5.92 Å². The van der Waals surface area contributed by atoms with Gasteiger partial charge in [0.1, 0.15) is 18.8 Å². The van der Waals surface area contributed by atoms with Crippen molar-refractivity contribution in [3.63, 3.8) is 0 Å². The molecular weight excluding hydrogens is 256 g/mol. The van der Waals surface area contributed by atoms with Gasteiger partial charge in [0.25, 0.3) is 0 Å². The molecule has 1 unspecified atom stereocenters. The van der Waals surface area contributed by atoms with Crippen molar-refractivity contribution in [1.29, 1.82) is 0 Å². The van der Waals surface area contributed by atoms with E-state index in [1.165, 1.54) is 24.4 Å². The first-order valence-electron chi connectivity index (χ1n) is 7.05. The Morgan fingerprint density at radius 3 is 2.95 bits per heavy atom. The maximum Gasteiger partial charge on any atom is 0.309 e. The van der Waals surface area contributed by atoms with Gasteiger partial charge in [0.15, 0.2) is 11.9 Å². The molecule has 0 amide bonds. The molecule has 0 bridgehead atoms. The second kappa shape index (κ2) is 5.99. The van der Waals surface area contributed by atoms with Crippen LogP contribution in [0.15, 0.2) is 48.3 Å². The van der Waals surface area contributed by atoms with Gasteiger partial charge < -0.3 is 14.2 Å². The van der Waals surface area contributed by atoms with Crippen LogP contribution in [0, 0.1) is 5.92 Å². The SMILES string of the molecule is O=C(OC(CC1=CC=CCC1)C1=COC=CO1)C1CC1. The Kier molecular flexibility index (Phi) is 3.90. The highest BCUT2D eigenvalue weighted by atomic mass is 16.6. The van der Waals surface area contributed by atoms with Crippen LogP contribution in [-0.2, 0) is 19.0 Å². The summed E-state index contributed by atoms with van der Waals surface area (Å²) in [6, 6.07) is 0. The first-order chi connectivity index (χ1) is 9.83. The van der Waals surface area contributed by atoms with Crippen molar-refractivity contribution in [3.05, 3.63) is 48.3 Å². The van der Waals surface area contributed by atoms with Gasteiger partial charge in [-0.3, -0.25) is 4.79 Å². The molecule has 0 radical (unpaired) electrons. The van der Waals surface area contributed by atoms with E-state index >= 15 is 0 Å². The van der Waals surface area contributed by atoms with Crippen LogP contribution in [0.2, 0.25) is 0 Å². The van der Waals surface area contributed by atoms with Gasteiger partial charge in [-0.05, 0) is 25.7 Å². The van der Waals surface area contributed by atoms with Gasteiger partial charge in [-0.2, -0.15) is 0 Å². The summed E-state index contributed by atoms with van der Waals surface area (Å²) in [6.07, 6.45) is 14.9. The molecular formula is C16H18O4. The van der Waals surface area contributed by atoms with Crippen molar-refractivity contribution in [2.45, 2.75) is 38.2 Å². The lowest BCUT2D eigenvalue weighted by molar-refractivity contribution is -0.150. The molecule has 4 heteroatoms. The quantitative estimate of drug-likeness (QED) is 0.721. The molecule has 1 heterocycles. The minimum absolute atomic E-state index is 0.0818. The molecule has 1 aliphatic heterocycles. The van der Waals surface area contributed by atoms with Crippen LogP contribution < -0.4 is 0 Å². The summed E-state index contributed by atoms with van der Waals surface area (Å²) in [6.45, 7) is 0.